The van der Waals surface area contributed by atoms with Crippen LogP contribution < -0.4 is 0 Å². The predicted molar refractivity (Wildman–Crippen MR) is 40.8 cm³/mol. The number of aliphatic carboxylic acids is 1. The minimum absolute atomic E-state index is 0.443. The van der Waals surface area contributed by atoms with Gasteiger partial charge in [0, 0.05) is 5.57 Å². The molecule has 0 aliphatic heterocycles. The van der Waals surface area contributed by atoms with Gasteiger partial charge in [0.2, 0.25) is 0 Å². The maximum absolute atomic E-state index is 10.3. The molecule has 10 heavy (non-hydrogen) atoms. The summed E-state index contributed by atoms with van der Waals surface area (Å²) in [6.45, 7) is 3.60. The van der Waals surface area contributed by atoms with Crippen LogP contribution in [0.3, 0.4) is 0 Å². The third kappa shape index (κ3) is 3.07. The van der Waals surface area contributed by atoms with E-state index in [2.05, 4.69) is 0 Å². The highest BCUT2D eigenvalue weighted by atomic mass is 16.4. The van der Waals surface area contributed by atoms with Crippen LogP contribution in [0.4, 0.5) is 0 Å². The largest absolute Gasteiger partial charge is 0.478 e. The van der Waals surface area contributed by atoms with Gasteiger partial charge in [0.25, 0.3) is 0 Å². The molecule has 0 spiro atoms. The summed E-state index contributed by atoms with van der Waals surface area (Å²) in [6.07, 6.45) is 5.79. The molecule has 0 saturated heterocycles. The second kappa shape index (κ2) is 4.79. The van der Waals surface area contributed by atoms with Gasteiger partial charge in [-0.05, 0) is 20.3 Å². The van der Waals surface area contributed by atoms with E-state index < -0.39 is 5.97 Å². The van der Waals surface area contributed by atoms with Gasteiger partial charge in [0.05, 0.1) is 0 Å². The lowest BCUT2D eigenvalue weighted by Gasteiger charge is -1.93. The van der Waals surface area contributed by atoms with Crippen LogP contribution in [0, 0.1) is 0 Å². The number of allylic oxidation sites excluding steroid dienone is 3. The maximum Gasteiger partial charge on any atom is 0.331 e. The molecule has 2 nitrogen and oxygen atoms in total. The van der Waals surface area contributed by atoms with Crippen LogP contribution in [0.5, 0.6) is 0 Å². The maximum atomic E-state index is 10.3. The van der Waals surface area contributed by atoms with E-state index in [1.807, 2.05) is 19.1 Å². The molecule has 0 radical (unpaired) electrons. The Morgan fingerprint density at radius 3 is 2.40 bits per heavy atom. The second-order valence-electron chi connectivity index (χ2n) is 1.89. The standard InChI is InChI=1S/C8H12O2/c1-3-5-6-7(4-2)8(9)10/h3-5H,6H2,1-2H3,(H,9,10). The molecule has 1 N–H and O–H groups in total. The van der Waals surface area contributed by atoms with Crippen LogP contribution in [0.15, 0.2) is 23.8 Å². The summed E-state index contributed by atoms with van der Waals surface area (Å²) in [4.78, 5) is 10.3. The molecule has 0 bridgehead atoms. The zero-order chi connectivity index (χ0) is 7.98. The third-order valence-corrected chi connectivity index (χ3v) is 1.20. The molecule has 0 amide bonds. The third-order valence-electron chi connectivity index (χ3n) is 1.20. The van der Waals surface area contributed by atoms with Gasteiger partial charge in [0.1, 0.15) is 0 Å². The molecule has 0 rings (SSSR count). The zero-order valence-corrected chi connectivity index (χ0v) is 6.29. The van der Waals surface area contributed by atoms with E-state index in [0.717, 1.165) is 0 Å². The molecule has 0 aromatic heterocycles. The van der Waals surface area contributed by atoms with Gasteiger partial charge in [-0.25, -0.2) is 4.79 Å². The Labute approximate surface area is 60.9 Å². The number of rotatable bonds is 3. The van der Waals surface area contributed by atoms with Crippen molar-refractivity contribution >= 4 is 5.97 Å². The molecule has 0 atom stereocenters. The monoisotopic (exact) mass is 140 g/mol. The van der Waals surface area contributed by atoms with Crippen LogP contribution in [0.1, 0.15) is 20.3 Å². The van der Waals surface area contributed by atoms with Gasteiger partial charge in [-0.1, -0.05) is 18.2 Å². The van der Waals surface area contributed by atoms with E-state index in [0.29, 0.717) is 12.0 Å². The first-order valence-electron chi connectivity index (χ1n) is 3.22. The van der Waals surface area contributed by atoms with Crippen LogP contribution in [-0.2, 0) is 4.79 Å². The zero-order valence-electron chi connectivity index (χ0n) is 6.29. The van der Waals surface area contributed by atoms with Crippen molar-refractivity contribution in [1.82, 2.24) is 0 Å². The van der Waals surface area contributed by atoms with Crippen LogP contribution in [0.2, 0.25) is 0 Å². The number of hydrogen-bond acceptors (Lipinski definition) is 1. The summed E-state index contributed by atoms with van der Waals surface area (Å²) in [5.74, 6) is -0.833. The molecule has 56 valence electrons. The first kappa shape index (κ1) is 8.95. The van der Waals surface area contributed by atoms with Gasteiger partial charge < -0.3 is 5.11 Å². The topological polar surface area (TPSA) is 37.3 Å². The molecule has 0 heterocycles. The average molecular weight is 140 g/mol. The Hall–Kier alpha value is -1.05. The van der Waals surface area contributed by atoms with Gasteiger partial charge >= 0.3 is 5.97 Å². The Kier molecular flexibility index (Phi) is 4.29. The van der Waals surface area contributed by atoms with Crippen LogP contribution in [0.25, 0.3) is 0 Å². The summed E-state index contributed by atoms with van der Waals surface area (Å²) in [7, 11) is 0. The number of hydrogen-bond donors (Lipinski definition) is 1. The summed E-state index contributed by atoms with van der Waals surface area (Å²) in [6, 6.07) is 0. The first-order valence-corrected chi connectivity index (χ1v) is 3.22. The van der Waals surface area contributed by atoms with Crippen molar-refractivity contribution in [3.8, 4) is 0 Å². The van der Waals surface area contributed by atoms with E-state index in [9.17, 15) is 4.79 Å². The van der Waals surface area contributed by atoms with E-state index in [4.69, 9.17) is 5.11 Å². The summed E-state index contributed by atoms with van der Waals surface area (Å²) in [5, 5.41) is 8.50. The van der Waals surface area contributed by atoms with E-state index in [1.54, 1.807) is 13.0 Å². The fourth-order valence-electron chi connectivity index (χ4n) is 0.573. The molecule has 0 fully saturated rings. The van der Waals surface area contributed by atoms with Crippen molar-refractivity contribution in [3.63, 3.8) is 0 Å². The number of carbonyl (C=O) groups is 1. The molecular formula is C8H12O2. The first-order chi connectivity index (χ1) is 4.72. The number of carboxylic acids is 1. The molecule has 0 aromatic rings. The fourth-order valence-corrected chi connectivity index (χ4v) is 0.573. The molecular weight excluding hydrogens is 128 g/mol. The van der Waals surface area contributed by atoms with Gasteiger partial charge in [-0.3, -0.25) is 0 Å². The summed E-state index contributed by atoms with van der Waals surface area (Å²) in [5.41, 5.74) is 0.443. The van der Waals surface area contributed by atoms with Crippen molar-refractivity contribution in [2.24, 2.45) is 0 Å². The van der Waals surface area contributed by atoms with Crippen LogP contribution in [-0.4, -0.2) is 11.1 Å². The van der Waals surface area contributed by atoms with Crippen LogP contribution >= 0.6 is 0 Å². The molecule has 0 aliphatic rings. The van der Waals surface area contributed by atoms with Crippen molar-refractivity contribution in [2.75, 3.05) is 0 Å². The Bertz CT molecular complexity index is 166. The van der Waals surface area contributed by atoms with Crippen molar-refractivity contribution in [2.45, 2.75) is 20.3 Å². The summed E-state index contributed by atoms with van der Waals surface area (Å²) >= 11 is 0. The fraction of sp³-hybridized carbons (Fsp3) is 0.375. The van der Waals surface area contributed by atoms with Crippen molar-refractivity contribution < 1.29 is 9.90 Å². The van der Waals surface area contributed by atoms with Gasteiger partial charge in [-0.15, -0.1) is 0 Å². The number of carboxylic acid groups (broad SMARTS) is 1. The SMILES string of the molecule is CC=CCC(=CC)C(=O)O. The molecule has 2 heteroatoms. The van der Waals surface area contributed by atoms with Crippen molar-refractivity contribution in [3.05, 3.63) is 23.8 Å². The smallest absolute Gasteiger partial charge is 0.331 e. The molecule has 0 unspecified atom stereocenters. The lowest BCUT2D eigenvalue weighted by molar-refractivity contribution is -0.132. The minimum atomic E-state index is -0.833. The quantitative estimate of drug-likeness (QED) is 0.480. The molecule has 0 aromatic carbocycles. The average Bonchev–Trinajstić information content (AvgIpc) is 1.89. The minimum Gasteiger partial charge on any atom is -0.478 e. The highest BCUT2D eigenvalue weighted by Crippen LogP contribution is 2.01. The lowest BCUT2D eigenvalue weighted by atomic mass is 10.2. The normalized spacial score (nSPS) is 12.4. The Balaban J connectivity index is 3.99. The van der Waals surface area contributed by atoms with Gasteiger partial charge in [0.15, 0.2) is 0 Å². The molecule has 0 aliphatic carbocycles. The van der Waals surface area contributed by atoms with Crippen molar-refractivity contribution in [1.29, 1.82) is 0 Å². The Morgan fingerprint density at radius 1 is 1.50 bits per heavy atom. The second-order valence-corrected chi connectivity index (χ2v) is 1.89. The van der Waals surface area contributed by atoms with E-state index in [1.165, 1.54) is 0 Å². The summed E-state index contributed by atoms with van der Waals surface area (Å²) < 4.78 is 0. The highest BCUT2D eigenvalue weighted by molar-refractivity contribution is 5.86. The molecule has 0 saturated carbocycles. The predicted octanol–water partition coefficient (Wildman–Crippen LogP) is 1.98. The van der Waals surface area contributed by atoms with Gasteiger partial charge in [-0.2, -0.15) is 0 Å². The highest BCUT2D eigenvalue weighted by Gasteiger charge is 2.01. The van der Waals surface area contributed by atoms with E-state index in [-0.39, 0.29) is 0 Å². The lowest BCUT2D eigenvalue weighted by Crippen LogP contribution is -1.98. The van der Waals surface area contributed by atoms with E-state index >= 15 is 0 Å². The Morgan fingerprint density at radius 2 is 2.10 bits per heavy atom.